The molecule has 0 aromatic heterocycles. The molecular weight excluding hydrogens is 241 g/mol. The van der Waals surface area contributed by atoms with Crippen molar-refractivity contribution in [3.63, 3.8) is 0 Å². The van der Waals surface area contributed by atoms with E-state index in [0.29, 0.717) is 12.8 Å². The van der Waals surface area contributed by atoms with E-state index in [9.17, 15) is 4.79 Å². The third-order valence-corrected chi connectivity index (χ3v) is 3.11. The predicted molar refractivity (Wildman–Crippen MR) is 58.0 cm³/mol. The highest BCUT2D eigenvalue weighted by Crippen LogP contribution is 2.24. The normalized spacial score (nSPS) is 29.1. The molecule has 1 rings (SSSR count). The third-order valence-electron chi connectivity index (χ3n) is 2.69. The summed E-state index contributed by atoms with van der Waals surface area (Å²) in [6.07, 6.45) is 2.30. The Morgan fingerprint density at radius 3 is 2.33 bits per heavy atom. The number of hydrogen-bond acceptors (Lipinski definition) is 4. The summed E-state index contributed by atoms with van der Waals surface area (Å²) in [5, 5.41) is 11.8. The summed E-state index contributed by atoms with van der Waals surface area (Å²) >= 11 is 10.9. The monoisotopic (exact) mass is 255 g/mol. The maximum absolute atomic E-state index is 10.7. The number of aliphatic carboxylic acids is 1. The summed E-state index contributed by atoms with van der Waals surface area (Å²) in [4.78, 5) is 10.7. The van der Waals surface area contributed by atoms with Crippen LogP contribution >= 0.6 is 23.6 Å². The van der Waals surface area contributed by atoms with Gasteiger partial charge in [-0.05, 0) is 49.2 Å². The van der Waals surface area contributed by atoms with Crippen molar-refractivity contribution in [3.8, 4) is 0 Å². The van der Waals surface area contributed by atoms with E-state index in [1.54, 1.807) is 0 Å². The second kappa shape index (κ2) is 5.86. The molecule has 0 aromatic rings. The summed E-state index contributed by atoms with van der Waals surface area (Å²) < 4.78 is 0.850. The lowest BCUT2D eigenvalue weighted by atomic mass is 9.86. The van der Waals surface area contributed by atoms with Gasteiger partial charge in [-0.15, -0.1) is 0 Å². The fraction of sp³-hybridized carbons (Fsp3) is 0.875. The molecule has 0 radical (unpaired) electrons. The lowest BCUT2D eigenvalue weighted by Gasteiger charge is -2.29. The number of hydrogen-bond donors (Lipinski definition) is 3. The zero-order valence-electron chi connectivity index (χ0n) is 8.20. The number of carboxylic acids is 1. The second-order valence-corrected chi connectivity index (χ2v) is 4.66. The molecule has 0 bridgehead atoms. The molecule has 1 unspecified atom stereocenters. The first-order valence-corrected chi connectivity index (χ1v) is 5.53. The Morgan fingerprint density at radius 2 is 1.93 bits per heavy atom. The first-order valence-electron chi connectivity index (χ1n) is 4.86. The number of nitrogens with one attached hydrogen (secondary N) is 1. The Morgan fingerprint density at radius 1 is 1.40 bits per heavy atom. The minimum Gasteiger partial charge on any atom is -0.481 e. The summed E-state index contributed by atoms with van der Waals surface area (Å²) in [6, 6.07) is 0.190. The van der Waals surface area contributed by atoms with Crippen LogP contribution in [0.3, 0.4) is 0 Å². The molecule has 0 amide bonds. The molecule has 0 saturated heterocycles. The minimum absolute atomic E-state index is 0.190. The number of nitrogens with zero attached hydrogens (tertiary/aromatic N) is 1. The molecule has 1 aliphatic rings. The van der Waals surface area contributed by atoms with E-state index in [2.05, 4.69) is 5.32 Å². The maximum atomic E-state index is 10.7. The van der Waals surface area contributed by atoms with E-state index in [4.69, 9.17) is 34.4 Å². The van der Waals surface area contributed by atoms with Crippen molar-refractivity contribution >= 4 is 29.5 Å². The van der Waals surface area contributed by atoms with Gasteiger partial charge in [-0.3, -0.25) is 10.1 Å². The molecule has 4 N–H and O–H groups in total. The molecule has 1 saturated carbocycles. The molecule has 1 aliphatic carbocycles. The first kappa shape index (κ1) is 13.0. The van der Waals surface area contributed by atoms with Crippen LogP contribution in [0.25, 0.3) is 0 Å². The minimum atomic E-state index is -0.714. The van der Waals surface area contributed by atoms with Crippen LogP contribution in [-0.4, -0.2) is 27.3 Å². The molecule has 0 aromatic carbocycles. The molecule has 0 spiro atoms. The average molecular weight is 256 g/mol. The van der Waals surface area contributed by atoms with Crippen LogP contribution in [0.4, 0.5) is 0 Å². The van der Waals surface area contributed by atoms with Crippen LogP contribution in [0.15, 0.2) is 0 Å². The van der Waals surface area contributed by atoms with Crippen LogP contribution in [0.1, 0.15) is 25.7 Å². The molecular formula is C8H15Cl2N3O2. The Balaban J connectivity index is 2.28. The third kappa shape index (κ3) is 4.12. The van der Waals surface area contributed by atoms with Gasteiger partial charge in [-0.1, -0.05) is 3.94 Å². The fourth-order valence-electron chi connectivity index (χ4n) is 1.80. The number of carbonyl (C=O) groups is 1. The van der Waals surface area contributed by atoms with Gasteiger partial charge >= 0.3 is 5.97 Å². The highest BCUT2D eigenvalue weighted by atomic mass is 35.5. The molecule has 7 heteroatoms. The van der Waals surface area contributed by atoms with E-state index in [-0.39, 0.29) is 12.0 Å². The largest absolute Gasteiger partial charge is 0.481 e. The Bertz CT molecular complexity index is 220. The van der Waals surface area contributed by atoms with Crippen molar-refractivity contribution in [2.75, 3.05) is 0 Å². The van der Waals surface area contributed by atoms with Crippen LogP contribution in [-0.2, 0) is 4.79 Å². The van der Waals surface area contributed by atoms with Crippen molar-refractivity contribution in [1.82, 2.24) is 9.25 Å². The number of carboxylic acid groups (broad SMARTS) is 1. The van der Waals surface area contributed by atoms with Gasteiger partial charge < -0.3 is 10.8 Å². The molecule has 0 aliphatic heterocycles. The van der Waals surface area contributed by atoms with E-state index < -0.39 is 12.3 Å². The van der Waals surface area contributed by atoms with E-state index in [0.717, 1.165) is 16.8 Å². The van der Waals surface area contributed by atoms with Crippen molar-refractivity contribution in [1.29, 1.82) is 0 Å². The highest BCUT2D eigenvalue weighted by Gasteiger charge is 2.27. The van der Waals surface area contributed by atoms with Crippen LogP contribution in [0.5, 0.6) is 0 Å². The zero-order chi connectivity index (χ0) is 11.4. The van der Waals surface area contributed by atoms with Crippen molar-refractivity contribution in [3.05, 3.63) is 0 Å². The predicted octanol–water partition coefficient (Wildman–Crippen LogP) is 1.07. The molecule has 88 valence electrons. The van der Waals surface area contributed by atoms with Gasteiger partial charge in [0.2, 0.25) is 0 Å². The van der Waals surface area contributed by atoms with E-state index >= 15 is 0 Å². The maximum Gasteiger partial charge on any atom is 0.306 e. The SMILES string of the molecule is NC(NC1CCC(C(=O)O)CC1)N(Cl)Cl. The number of rotatable bonds is 4. The lowest BCUT2D eigenvalue weighted by molar-refractivity contribution is -0.142. The van der Waals surface area contributed by atoms with Gasteiger partial charge in [0.25, 0.3) is 0 Å². The van der Waals surface area contributed by atoms with Crippen LogP contribution < -0.4 is 11.1 Å². The van der Waals surface area contributed by atoms with Gasteiger partial charge in [0, 0.05) is 6.04 Å². The molecule has 5 nitrogen and oxygen atoms in total. The van der Waals surface area contributed by atoms with Gasteiger partial charge in [0.15, 0.2) is 0 Å². The summed E-state index contributed by atoms with van der Waals surface area (Å²) in [6.45, 7) is 0. The molecule has 1 atom stereocenters. The van der Waals surface area contributed by atoms with Gasteiger partial charge in [-0.2, -0.15) is 0 Å². The Kier molecular flexibility index (Phi) is 5.08. The highest BCUT2D eigenvalue weighted by molar-refractivity contribution is 6.33. The average Bonchev–Trinajstić information content (AvgIpc) is 2.18. The standard InChI is InChI=1S/C8H15Cl2N3O2/c9-13(10)8(11)12-6-3-1-5(2-4-6)7(14)15/h5-6,8,12H,1-4,11H2,(H,14,15). The van der Waals surface area contributed by atoms with Crippen LogP contribution in [0, 0.1) is 5.92 Å². The lowest BCUT2D eigenvalue weighted by Crippen LogP contribution is -2.50. The number of nitrogens with two attached hydrogens (primary N) is 1. The van der Waals surface area contributed by atoms with Gasteiger partial charge in [0.05, 0.1) is 5.92 Å². The van der Waals surface area contributed by atoms with Crippen LogP contribution in [0.2, 0.25) is 0 Å². The summed E-state index contributed by atoms with van der Waals surface area (Å²) in [5.74, 6) is -0.934. The molecule has 15 heavy (non-hydrogen) atoms. The quantitative estimate of drug-likeness (QED) is 0.518. The van der Waals surface area contributed by atoms with E-state index in [1.807, 2.05) is 0 Å². The first-order chi connectivity index (χ1) is 7.00. The summed E-state index contributed by atoms with van der Waals surface area (Å²) in [5.41, 5.74) is 5.58. The smallest absolute Gasteiger partial charge is 0.306 e. The van der Waals surface area contributed by atoms with Gasteiger partial charge in [0.1, 0.15) is 6.29 Å². The molecule has 0 heterocycles. The Labute approximate surface area is 98.7 Å². The van der Waals surface area contributed by atoms with Gasteiger partial charge in [-0.25, -0.2) is 0 Å². The molecule has 1 fully saturated rings. The zero-order valence-corrected chi connectivity index (χ0v) is 9.71. The van der Waals surface area contributed by atoms with Crippen molar-refractivity contribution in [2.24, 2.45) is 11.7 Å². The van der Waals surface area contributed by atoms with E-state index in [1.165, 1.54) is 0 Å². The summed E-state index contributed by atoms with van der Waals surface area (Å²) in [7, 11) is 0. The fourth-order valence-corrected chi connectivity index (χ4v) is 1.92. The van der Waals surface area contributed by atoms with Crippen molar-refractivity contribution < 1.29 is 9.90 Å². The second-order valence-electron chi connectivity index (χ2n) is 3.76. The van der Waals surface area contributed by atoms with Crippen molar-refractivity contribution in [2.45, 2.75) is 38.0 Å². The Hall–Kier alpha value is -0.0700. The topological polar surface area (TPSA) is 78.6 Å². The number of halogens is 2.